The van der Waals surface area contributed by atoms with Crippen LogP contribution in [0.3, 0.4) is 0 Å². The van der Waals surface area contributed by atoms with E-state index in [1.807, 2.05) is 54.6 Å². The van der Waals surface area contributed by atoms with Gasteiger partial charge in [-0.2, -0.15) is 0 Å². The number of para-hydroxylation sites is 2. The van der Waals surface area contributed by atoms with E-state index in [4.69, 9.17) is 0 Å². The first kappa shape index (κ1) is 11.9. The number of nitrogens with zero attached hydrogens (tertiary/aromatic N) is 3. The Bertz CT molecular complexity index is 764. The number of aromatic nitrogens is 4. The minimum absolute atomic E-state index is 0.290. The molecule has 2 aromatic carbocycles. The number of benzene rings is 2. The maximum Gasteiger partial charge on any atom is 0.471 e. The highest BCUT2D eigenvalue weighted by molar-refractivity contribution is 9.10. The average Bonchev–Trinajstić information content (AvgIpc) is 2.82. The molecule has 94 valence electrons. The Kier molecular flexibility index (Phi) is 3.00. The van der Waals surface area contributed by atoms with Crippen LogP contribution in [0.1, 0.15) is 0 Å². The van der Waals surface area contributed by atoms with Crippen LogP contribution in [0.4, 0.5) is 0 Å². The molecular weight excluding hydrogens is 308 g/mol. The van der Waals surface area contributed by atoms with Crippen LogP contribution in [0.2, 0.25) is 0 Å². The van der Waals surface area contributed by atoms with E-state index in [1.165, 1.54) is 9.48 Å². The van der Waals surface area contributed by atoms with E-state index >= 15 is 0 Å². The molecular formula is C13H10BrN4O+. The summed E-state index contributed by atoms with van der Waals surface area (Å²) in [6, 6.07) is 16.8. The molecule has 1 heterocycles. The monoisotopic (exact) mass is 317 g/mol. The third-order valence-electron chi connectivity index (χ3n) is 2.65. The number of nitrogens with one attached hydrogen (secondary N) is 1. The van der Waals surface area contributed by atoms with Gasteiger partial charge in [-0.25, -0.2) is 4.79 Å². The van der Waals surface area contributed by atoms with Crippen LogP contribution in [-0.2, 0) is 0 Å². The number of hydrogen-bond acceptors (Lipinski definition) is 2. The summed E-state index contributed by atoms with van der Waals surface area (Å²) in [6.45, 7) is 0. The highest BCUT2D eigenvalue weighted by atomic mass is 79.9. The summed E-state index contributed by atoms with van der Waals surface area (Å²) < 4.78 is 2.17. The van der Waals surface area contributed by atoms with Gasteiger partial charge in [-0.15, -0.1) is 5.10 Å². The van der Waals surface area contributed by atoms with Gasteiger partial charge < -0.3 is 0 Å². The molecule has 3 aromatic rings. The smallest absolute Gasteiger partial charge is 0.214 e. The lowest BCUT2D eigenvalue weighted by atomic mass is 10.3. The minimum Gasteiger partial charge on any atom is -0.214 e. The van der Waals surface area contributed by atoms with Gasteiger partial charge >= 0.3 is 5.69 Å². The topological polar surface area (TPSA) is 54.6 Å². The van der Waals surface area contributed by atoms with Crippen molar-refractivity contribution in [2.24, 2.45) is 0 Å². The Morgan fingerprint density at radius 2 is 1.74 bits per heavy atom. The Morgan fingerprint density at radius 3 is 2.47 bits per heavy atom. The van der Waals surface area contributed by atoms with Crippen molar-refractivity contribution in [1.82, 2.24) is 15.0 Å². The molecule has 6 heteroatoms. The first-order valence-corrected chi connectivity index (χ1v) is 6.47. The van der Waals surface area contributed by atoms with Crippen LogP contribution < -0.4 is 10.5 Å². The fourth-order valence-corrected chi connectivity index (χ4v) is 2.21. The lowest BCUT2D eigenvalue weighted by molar-refractivity contribution is -0.719. The molecule has 0 saturated carbocycles. The van der Waals surface area contributed by atoms with Crippen LogP contribution in [0.5, 0.6) is 0 Å². The average molecular weight is 318 g/mol. The van der Waals surface area contributed by atoms with Crippen molar-refractivity contribution < 1.29 is 4.80 Å². The Morgan fingerprint density at radius 1 is 1.05 bits per heavy atom. The molecule has 5 nitrogen and oxygen atoms in total. The van der Waals surface area contributed by atoms with E-state index in [0.29, 0.717) is 0 Å². The predicted molar refractivity (Wildman–Crippen MR) is 73.4 cm³/mol. The third kappa shape index (κ3) is 2.22. The van der Waals surface area contributed by atoms with Crippen LogP contribution in [0, 0.1) is 0 Å². The lowest BCUT2D eigenvalue weighted by Gasteiger charge is -1.94. The largest absolute Gasteiger partial charge is 0.471 e. The molecule has 0 atom stereocenters. The van der Waals surface area contributed by atoms with Gasteiger partial charge in [0.2, 0.25) is 0 Å². The number of rotatable bonds is 2. The number of halogens is 1. The van der Waals surface area contributed by atoms with Crippen molar-refractivity contribution in [3.63, 3.8) is 0 Å². The normalized spacial score (nSPS) is 10.6. The molecule has 0 spiro atoms. The van der Waals surface area contributed by atoms with Gasteiger partial charge in [-0.1, -0.05) is 30.3 Å². The van der Waals surface area contributed by atoms with E-state index in [1.54, 1.807) is 0 Å². The first-order valence-electron chi connectivity index (χ1n) is 5.68. The molecule has 0 aliphatic rings. The second-order valence-corrected chi connectivity index (χ2v) is 4.77. The molecule has 3 rings (SSSR count). The second kappa shape index (κ2) is 4.81. The lowest BCUT2D eigenvalue weighted by Crippen LogP contribution is -2.38. The fraction of sp³-hybridized carbons (Fsp3) is 0. The number of tetrazole rings is 1. The van der Waals surface area contributed by atoms with Gasteiger partial charge in [-0.05, 0) is 49.7 Å². The molecule has 1 aromatic heterocycles. The summed E-state index contributed by atoms with van der Waals surface area (Å²) in [5.74, 6) is 0. The number of aromatic amines is 1. The molecule has 0 bridgehead atoms. The standard InChI is InChI=1S/C13H9BrN4O/c14-11-8-4-5-9-12(11)18-15-13(19)17(16-18)10-6-2-1-3-7-10/h1-9H/p+1. The molecule has 0 saturated heterocycles. The van der Waals surface area contributed by atoms with Crippen LogP contribution in [0.25, 0.3) is 11.4 Å². The van der Waals surface area contributed by atoms with E-state index in [0.717, 1.165) is 15.8 Å². The van der Waals surface area contributed by atoms with Crippen LogP contribution in [0.15, 0.2) is 63.9 Å². The third-order valence-corrected chi connectivity index (χ3v) is 3.32. The molecule has 0 fully saturated rings. The van der Waals surface area contributed by atoms with E-state index < -0.39 is 0 Å². The quantitative estimate of drug-likeness (QED) is 0.730. The van der Waals surface area contributed by atoms with Crippen molar-refractivity contribution >= 4 is 15.9 Å². The van der Waals surface area contributed by atoms with Crippen LogP contribution >= 0.6 is 15.9 Å². The summed E-state index contributed by atoms with van der Waals surface area (Å²) in [6.07, 6.45) is 0. The minimum atomic E-state index is -0.290. The van der Waals surface area contributed by atoms with Gasteiger partial charge in [0.25, 0.3) is 0 Å². The van der Waals surface area contributed by atoms with Crippen molar-refractivity contribution in [3.05, 3.63) is 69.6 Å². The molecule has 19 heavy (non-hydrogen) atoms. The number of H-pyrrole nitrogens is 1. The molecule has 0 aliphatic heterocycles. The predicted octanol–water partition coefficient (Wildman–Crippen LogP) is 1.60. The molecule has 0 aliphatic carbocycles. The summed E-state index contributed by atoms with van der Waals surface area (Å²) in [4.78, 5) is 13.4. The van der Waals surface area contributed by atoms with Gasteiger partial charge in [0.15, 0.2) is 11.4 Å². The maximum atomic E-state index is 11.9. The van der Waals surface area contributed by atoms with Crippen molar-refractivity contribution in [2.75, 3.05) is 0 Å². The SMILES string of the molecule is O=c1[nH][n+](-c2ccccc2Br)nn1-c1ccccc1. The first-order chi connectivity index (χ1) is 9.25. The molecule has 1 N–H and O–H groups in total. The fourth-order valence-electron chi connectivity index (χ4n) is 1.76. The molecule has 0 amide bonds. The summed E-state index contributed by atoms with van der Waals surface area (Å²) in [5, 5.41) is 6.93. The van der Waals surface area contributed by atoms with Crippen molar-refractivity contribution in [2.45, 2.75) is 0 Å². The molecule has 0 unspecified atom stereocenters. The highest BCUT2D eigenvalue weighted by Gasteiger charge is 2.17. The zero-order valence-corrected chi connectivity index (χ0v) is 11.4. The maximum absolute atomic E-state index is 11.9. The second-order valence-electron chi connectivity index (χ2n) is 3.92. The Labute approximate surface area is 117 Å². The van der Waals surface area contributed by atoms with Gasteiger partial charge in [0, 0.05) is 0 Å². The van der Waals surface area contributed by atoms with Crippen molar-refractivity contribution in [3.8, 4) is 11.4 Å². The Hall–Kier alpha value is -2.21. The summed E-state index contributed by atoms with van der Waals surface area (Å²) in [7, 11) is 0. The van der Waals surface area contributed by atoms with E-state index in [2.05, 4.69) is 26.2 Å². The number of hydrogen-bond donors (Lipinski definition) is 1. The van der Waals surface area contributed by atoms with Crippen molar-refractivity contribution in [1.29, 1.82) is 0 Å². The highest BCUT2D eigenvalue weighted by Crippen LogP contribution is 2.14. The van der Waals surface area contributed by atoms with E-state index in [-0.39, 0.29) is 5.69 Å². The van der Waals surface area contributed by atoms with E-state index in [9.17, 15) is 4.79 Å². The Balaban J connectivity index is 2.13. The van der Waals surface area contributed by atoms with Gasteiger partial charge in [-0.3, -0.25) is 0 Å². The summed E-state index contributed by atoms with van der Waals surface area (Å²) >= 11 is 3.43. The van der Waals surface area contributed by atoms with Gasteiger partial charge in [0.05, 0.1) is 4.47 Å². The molecule has 0 radical (unpaired) electrons. The zero-order valence-electron chi connectivity index (χ0n) is 9.82. The van der Waals surface area contributed by atoms with Crippen LogP contribution in [-0.4, -0.2) is 15.0 Å². The van der Waals surface area contributed by atoms with Gasteiger partial charge in [0.1, 0.15) is 5.21 Å². The summed E-state index contributed by atoms with van der Waals surface area (Å²) in [5.41, 5.74) is 1.20. The zero-order chi connectivity index (χ0) is 13.2.